The molecule has 19 heavy (non-hydrogen) atoms. The first-order valence-electron chi connectivity index (χ1n) is 6.00. The third-order valence-corrected chi connectivity index (χ3v) is 3.59. The van der Waals surface area contributed by atoms with E-state index < -0.39 is 5.97 Å². The molecule has 1 aliphatic rings. The number of carboxylic acids is 1. The molecule has 2 rings (SSSR count). The summed E-state index contributed by atoms with van der Waals surface area (Å²) in [5.41, 5.74) is 0.765. The Bertz CT molecular complexity index is 477. The van der Waals surface area contributed by atoms with E-state index in [4.69, 9.17) is 9.84 Å². The second-order valence-corrected chi connectivity index (χ2v) is 5.09. The molecule has 0 aromatic heterocycles. The molecular formula is C13H15NO4S. The Balaban J connectivity index is 2.06. The van der Waals surface area contributed by atoms with Crippen LogP contribution in [-0.4, -0.2) is 41.6 Å². The van der Waals surface area contributed by atoms with Gasteiger partial charge in [0.15, 0.2) is 0 Å². The number of ether oxygens (including phenoxy) is 1. The van der Waals surface area contributed by atoms with Gasteiger partial charge in [-0.3, -0.25) is 9.59 Å². The van der Waals surface area contributed by atoms with Crippen molar-refractivity contribution in [2.45, 2.75) is 6.42 Å². The van der Waals surface area contributed by atoms with Gasteiger partial charge in [0.2, 0.25) is 5.91 Å². The van der Waals surface area contributed by atoms with E-state index in [0.717, 1.165) is 23.9 Å². The van der Waals surface area contributed by atoms with Gasteiger partial charge in [-0.05, 0) is 18.6 Å². The van der Waals surface area contributed by atoms with E-state index in [2.05, 4.69) is 0 Å². The molecule has 6 heteroatoms. The topological polar surface area (TPSA) is 66.8 Å². The number of carbonyl (C=O) groups excluding carboxylic acids is 1. The Kier molecular flexibility index (Phi) is 4.68. The minimum atomic E-state index is -0.905. The number of thioether (sulfide) groups is 1. The first-order chi connectivity index (χ1) is 9.18. The molecule has 1 aromatic carbocycles. The zero-order chi connectivity index (χ0) is 13.7. The Morgan fingerprint density at radius 1 is 1.32 bits per heavy atom. The Labute approximate surface area is 115 Å². The summed E-state index contributed by atoms with van der Waals surface area (Å²) in [5, 5.41) is 8.57. The standard InChI is InChI=1S/C13H15NO4S/c15-12(8-19-9-13(16)17)14-6-3-7-18-11-5-2-1-4-10(11)14/h1-2,4-5H,3,6-9H2,(H,16,17). The molecule has 1 aromatic rings. The quantitative estimate of drug-likeness (QED) is 0.908. The normalized spacial score (nSPS) is 14.2. The second kappa shape index (κ2) is 6.47. The minimum absolute atomic E-state index is 0.0578. The van der Waals surface area contributed by atoms with Gasteiger partial charge >= 0.3 is 5.97 Å². The summed E-state index contributed by atoms with van der Waals surface area (Å²) >= 11 is 1.11. The van der Waals surface area contributed by atoms with Crippen LogP contribution < -0.4 is 9.64 Å². The van der Waals surface area contributed by atoms with Gasteiger partial charge in [-0.25, -0.2) is 0 Å². The number of hydrogen-bond donors (Lipinski definition) is 1. The van der Waals surface area contributed by atoms with Crippen molar-refractivity contribution in [2.75, 3.05) is 29.6 Å². The molecule has 0 aliphatic carbocycles. The molecular weight excluding hydrogens is 266 g/mol. The number of carbonyl (C=O) groups is 2. The highest BCUT2D eigenvalue weighted by atomic mass is 32.2. The van der Waals surface area contributed by atoms with Crippen LogP contribution in [0.15, 0.2) is 24.3 Å². The highest BCUT2D eigenvalue weighted by Crippen LogP contribution is 2.30. The Hall–Kier alpha value is -1.69. The van der Waals surface area contributed by atoms with E-state index in [0.29, 0.717) is 18.9 Å². The Morgan fingerprint density at radius 3 is 2.89 bits per heavy atom. The molecule has 102 valence electrons. The van der Waals surface area contributed by atoms with Crippen molar-refractivity contribution < 1.29 is 19.4 Å². The zero-order valence-electron chi connectivity index (χ0n) is 10.4. The number of benzene rings is 1. The molecule has 0 radical (unpaired) electrons. The Morgan fingerprint density at radius 2 is 2.11 bits per heavy atom. The summed E-state index contributed by atoms with van der Waals surface area (Å²) in [6.45, 7) is 1.19. The number of para-hydroxylation sites is 2. The molecule has 0 saturated carbocycles. The summed E-state index contributed by atoms with van der Waals surface area (Å²) in [7, 11) is 0. The van der Waals surface area contributed by atoms with Crippen molar-refractivity contribution in [3.8, 4) is 5.75 Å². The number of fused-ring (bicyclic) bond motifs is 1. The third-order valence-electron chi connectivity index (χ3n) is 2.69. The number of aliphatic carboxylic acids is 1. The second-order valence-electron chi connectivity index (χ2n) is 4.10. The van der Waals surface area contributed by atoms with Crippen LogP contribution in [0.2, 0.25) is 0 Å². The molecule has 0 spiro atoms. The molecule has 1 N–H and O–H groups in total. The van der Waals surface area contributed by atoms with Gasteiger partial charge in [-0.2, -0.15) is 0 Å². The van der Waals surface area contributed by atoms with Crippen molar-refractivity contribution >= 4 is 29.3 Å². The van der Waals surface area contributed by atoms with Crippen LogP contribution >= 0.6 is 11.8 Å². The van der Waals surface area contributed by atoms with Gasteiger partial charge in [-0.15, -0.1) is 11.8 Å². The number of anilines is 1. The van der Waals surface area contributed by atoms with Crippen LogP contribution in [0.5, 0.6) is 5.75 Å². The molecule has 0 bridgehead atoms. The number of hydrogen-bond acceptors (Lipinski definition) is 4. The molecule has 1 heterocycles. The summed E-state index contributed by atoms with van der Waals surface area (Å²) < 4.78 is 5.58. The fraction of sp³-hybridized carbons (Fsp3) is 0.385. The maximum atomic E-state index is 12.2. The lowest BCUT2D eigenvalue weighted by atomic mass is 10.2. The van der Waals surface area contributed by atoms with E-state index in [1.807, 2.05) is 24.3 Å². The number of carboxylic acid groups (broad SMARTS) is 1. The van der Waals surface area contributed by atoms with Crippen molar-refractivity contribution in [1.82, 2.24) is 0 Å². The third kappa shape index (κ3) is 3.64. The summed E-state index contributed by atoms with van der Waals surface area (Å²) in [6, 6.07) is 7.41. The maximum Gasteiger partial charge on any atom is 0.313 e. The summed E-state index contributed by atoms with van der Waals surface area (Å²) in [4.78, 5) is 24.3. The van der Waals surface area contributed by atoms with Crippen LogP contribution in [0.1, 0.15) is 6.42 Å². The lowest BCUT2D eigenvalue weighted by molar-refractivity contribution is -0.133. The SMILES string of the molecule is O=C(O)CSCC(=O)N1CCCOc2ccccc21. The van der Waals surface area contributed by atoms with E-state index in [1.54, 1.807) is 4.90 Å². The summed E-state index contributed by atoms with van der Waals surface area (Å²) in [6.07, 6.45) is 0.768. The lowest BCUT2D eigenvalue weighted by Crippen LogP contribution is -2.33. The van der Waals surface area contributed by atoms with Crippen LogP contribution in [0.4, 0.5) is 5.69 Å². The summed E-state index contributed by atoms with van der Waals surface area (Å²) in [5.74, 6) is -0.170. The zero-order valence-corrected chi connectivity index (χ0v) is 11.2. The molecule has 0 saturated heterocycles. The van der Waals surface area contributed by atoms with Crippen LogP contribution in [0, 0.1) is 0 Å². The van der Waals surface area contributed by atoms with Gasteiger partial charge in [0.05, 0.1) is 23.8 Å². The van der Waals surface area contributed by atoms with Gasteiger partial charge in [0, 0.05) is 6.54 Å². The van der Waals surface area contributed by atoms with Gasteiger partial charge < -0.3 is 14.7 Å². The minimum Gasteiger partial charge on any atom is -0.491 e. The molecule has 5 nitrogen and oxygen atoms in total. The lowest BCUT2D eigenvalue weighted by Gasteiger charge is -2.21. The fourth-order valence-corrected chi connectivity index (χ4v) is 2.50. The van der Waals surface area contributed by atoms with Crippen molar-refractivity contribution in [3.05, 3.63) is 24.3 Å². The molecule has 1 amide bonds. The van der Waals surface area contributed by atoms with E-state index in [-0.39, 0.29) is 17.4 Å². The highest BCUT2D eigenvalue weighted by Gasteiger charge is 2.21. The first-order valence-corrected chi connectivity index (χ1v) is 7.15. The molecule has 0 unspecified atom stereocenters. The average Bonchev–Trinajstić information content (AvgIpc) is 2.60. The largest absolute Gasteiger partial charge is 0.491 e. The molecule has 1 aliphatic heterocycles. The predicted octanol–water partition coefficient (Wildman–Crippen LogP) is 1.62. The highest BCUT2D eigenvalue weighted by molar-refractivity contribution is 8.00. The number of nitrogens with zero attached hydrogens (tertiary/aromatic N) is 1. The van der Waals surface area contributed by atoms with E-state index in [1.165, 1.54) is 0 Å². The smallest absolute Gasteiger partial charge is 0.313 e. The predicted molar refractivity (Wildman–Crippen MR) is 73.9 cm³/mol. The maximum absolute atomic E-state index is 12.2. The van der Waals surface area contributed by atoms with Crippen LogP contribution in [-0.2, 0) is 9.59 Å². The van der Waals surface area contributed by atoms with Crippen molar-refractivity contribution in [2.24, 2.45) is 0 Å². The monoisotopic (exact) mass is 281 g/mol. The number of amides is 1. The van der Waals surface area contributed by atoms with Crippen molar-refractivity contribution in [3.63, 3.8) is 0 Å². The van der Waals surface area contributed by atoms with Crippen molar-refractivity contribution in [1.29, 1.82) is 0 Å². The van der Waals surface area contributed by atoms with E-state index in [9.17, 15) is 9.59 Å². The average molecular weight is 281 g/mol. The molecule has 0 fully saturated rings. The molecule has 0 atom stereocenters. The first kappa shape index (κ1) is 13.7. The number of rotatable bonds is 4. The van der Waals surface area contributed by atoms with Gasteiger partial charge in [0.25, 0.3) is 0 Å². The van der Waals surface area contributed by atoms with Gasteiger partial charge in [0.1, 0.15) is 5.75 Å². The fourth-order valence-electron chi connectivity index (χ4n) is 1.89. The van der Waals surface area contributed by atoms with Gasteiger partial charge in [-0.1, -0.05) is 12.1 Å². The van der Waals surface area contributed by atoms with Crippen LogP contribution in [0.25, 0.3) is 0 Å². The van der Waals surface area contributed by atoms with E-state index >= 15 is 0 Å². The van der Waals surface area contributed by atoms with Crippen LogP contribution in [0.3, 0.4) is 0 Å².